The molecule has 0 amide bonds. The van der Waals surface area contributed by atoms with E-state index in [1.54, 1.807) is 12.4 Å². The summed E-state index contributed by atoms with van der Waals surface area (Å²) in [4.78, 5) is 12.5. The Labute approximate surface area is 228 Å². The van der Waals surface area contributed by atoms with E-state index in [1.165, 1.54) is 12.1 Å². The molecule has 7 rings (SSSR count). The molecule has 0 aliphatic rings. The molecular formula is C32H22FN5O2. The van der Waals surface area contributed by atoms with Gasteiger partial charge < -0.3 is 14.8 Å². The topological polar surface area (TPSA) is 99.7 Å². The first-order valence-corrected chi connectivity index (χ1v) is 12.7. The van der Waals surface area contributed by atoms with Crippen molar-refractivity contribution in [1.82, 2.24) is 25.1 Å². The number of phenolic OH excluding ortho intramolecular Hbond substituents is 1. The van der Waals surface area contributed by atoms with Gasteiger partial charge >= 0.3 is 0 Å². The SMILES string of the molecule is Oc1cc(F)cc(-c2nccc3[nH]c(-c4n[nH]c5cnc(-c6cccc(OCc7ccccc7)c6)cc45)cc23)c1. The number of H-pyrrole nitrogens is 2. The number of nitrogens with zero attached hydrogens (tertiary/aromatic N) is 3. The third kappa shape index (κ3) is 4.41. The molecule has 0 saturated heterocycles. The van der Waals surface area contributed by atoms with Gasteiger partial charge in [0.15, 0.2) is 0 Å². The molecule has 0 bridgehead atoms. The minimum atomic E-state index is -0.530. The Bertz CT molecular complexity index is 1980. The van der Waals surface area contributed by atoms with Crippen molar-refractivity contribution in [3.8, 4) is 45.4 Å². The molecule has 0 unspecified atom stereocenters. The Morgan fingerprint density at radius 3 is 2.52 bits per heavy atom. The fraction of sp³-hybridized carbons (Fsp3) is 0.0312. The maximum atomic E-state index is 14.0. The quantitative estimate of drug-likeness (QED) is 0.211. The molecule has 40 heavy (non-hydrogen) atoms. The highest BCUT2D eigenvalue weighted by Crippen LogP contribution is 2.35. The molecule has 0 aliphatic carbocycles. The van der Waals surface area contributed by atoms with Crippen molar-refractivity contribution >= 4 is 21.8 Å². The van der Waals surface area contributed by atoms with E-state index < -0.39 is 5.82 Å². The molecule has 4 aromatic heterocycles. The Hall–Kier alpha value is -5.50. The number of pyridine rings is 2. The maximum Gasteiger partial charge on any atom is 0.127 e. The van der Waals surface area contributed by atoms with Gasteiger partial charge in [-0.25, -0.2) is 4.39 Å². The van der Waals surface area contributed by atoms with E-state index in [9.17, 15) is 9.50 Å². The lowest BCUT2D eigenvalue weighted by Gasteiger charge is -2.08. The maximum absolute atomic E-state index is 14.0. The van der Waals surface area contributed by atoms with Crippen LogP contribution in [0.15, 0.2) is 103 Å². The molecule has 194 valence electrons. The van der Waals surface area contributed by atoms with Gasteiger partial charge in [-0.3, -0.25) is 15.1 Å². The normalized spacial score (nSPS) is 11.3. The number of nitrogens with one attached hydrogen (secondary N) is 2. The summed E-state index contributed by atoms with van der Waals surface area (Å²) in [6, 6.07) is 27.6. The number of fused-ring (bicyclic) bond motifs is 2. The van der Waals surface area contributed by atoms with Crippen LogP contribution < -0.4 is 4.74 Å². The van der Waals surface area contributed by atoms with E-state index in [0.717, 1.165) is 61.8 Å². The van der Waals surface area contributed by atoms with Crippen molar-refractivity contribution in [3.05, 3.63) is 115 Å². The van der Waals surface area contributed by atoms with Gasteiger partial charge in [-0.05, 0) is 48.0 Å². The number of benzene rings is 3. The monoisotopic (exact) mass is 527 g/mol. The average Bonchev–Trinajstić information content (AvgIpc) is 3.60. The van der Waals surface area contributed by atoms with E-state index in [2.05, 4.69) is 25.1 Å². The summed E-state index contributed by atoms with van der Waals surface area (Å²) in [6.07, 6.45) is 3.42. The first kappa shape index (κ1) is 23.6. The lowest BCUT2D eigenvalue weighted by Crippen LogP contribution is -1.95. The standard InChI is InChI=1S/C32H22FN5O2/c33-22-11-21(12-23(39)14-22)31-25-16-29(36-27(25)9-10-34-31)32-26-15-28(35-17-30(26)37-38-32)20-7-4-8-24(13-20)40-18-19-5-2-1-3-6-19/h1-17,36,39H,18H2,(H,37,38). The van der Waals surface area contributed by atoms with Gasteiger partial charge in [0.2, 0.25) is 0 Å². The summed E-state index contributed by atoms with van der Waals surface area (Å²) in [5, 5.41) is 19.2. The zero-order valence-corrected chi connectivity index (χ0v) is 21.1. The first-order valence-electron chi connectivity index (χ1n) is 12.7. The van der Waals surface area contributed by atoms with Crippen LogP contribution >= 0.6 is 0 Å². The van der Waals surface area contributed by atoms with Gasteiger partial charge in [0, 0.05) is 39.7 Å². The summed E-state index contributed by atoms with van der Waals surface area (Å²) < 4.78 is 20.0. The number of hydrogen-bond acceptors (Lipinski definition) is 5. The molecule has 0 atom stereocenters. The third-order valence-electron chi connectivity index (χ3n) is 6.78. The number of ether oxygens (including phenoxy) is 1. The zero-order valence-electron chi connectivity index (χ0n) is 21.1. The highest BCUT2D eigenvalue weighted by Gasteiger charge is 2.16. The predicted molar refractivity (Wildman–Crippen MR) is 152 cm³/mol. The lowest BCUT2D eigenvalue weighted by atomic mass is 10.1. The molecule has 0 aliphatic heterocycles. The second-order valence-electron chi connectivity index (χ2n) is 9.49. The van der Waals surface area contributed by atoms with Crippen molar-refractivity contribution in [2.45, 2.75) is 6.61 Å². The van der Waals surface area contributed by atoms with Crippen LogP contribution in [0.2, 0.25) is 0 Å². The Morgan fingerprint density at radius 1 is 0.775 bits per heavy atom. The second kappa shape index (κ2) is 9.67. The van der Waals surface area contributed by atoms with E-state index in [1.807, 2.05) is 72.8 Å². The molecule has 0 spiro atoms. The molecule has 4 heterocycles. The van der Waals surface area contributed by atoms with E-state index in [4.69, 9.17) is 4.74 Å². The number of aromatic nitrogens is 5. The van der Waals surface area contributed by atoms with Crippen LogP contribution in [-0.4, -0.2) is 30.3 Å². The van der Waals surface area contributed by atoms with Crippen LogP contribution in [-0.2, 0) is 6.61 Å². The van der Waals surface area contributed by atoms with Gasteiger partial charge in [-0.2, -0.15) is 5.10 Å². The molecular weight excluding hydrogens is 505 g/mol. The van der Waals surface area contributed by atoms with Crippen LogP contribution in [0.1, 0.15) is 5.56 Å². The van der Waals surface area contributed by atoms with E-state index >= 15 is 0 Å². The fourth-order valence-corrected chi connectivity index (χ4v) is 4.89. The number of aromatic hydroxyl groups is 1. The highest BCUT2D eigenvalue weighted by atomic mass is 19.1. The van der Waals surface area contributed by atoms with Crippen molar-refractivity contribution in [3.63, 3.8) is 0 Å². The van der Waals surface area contributed by atoms with E-state index in [0.29, 0.717) is 17.9 Å². The molecule has 0 radical (unpaired) electrons. The first-order chi connectivity index (χ1) is 19.6. The summed E-state index contributed by atoms with van der Waals surface area (Å²) in [7, 11) is 0. The minimum absolute atomic E-state index is 0.155. The molecule has 3 N–H and O–H groups in total. The number of phenols is 1. The Kier molecular flexibility index (Phi) is 5.70. The summed E-state index contributed by atoms with van der Waals surface area (Å²) in [5.41, 5.74) is 6.96. The largest absolute Gasteiger partial charge is 0.508 e. The van der Waals surface area contributed by atoms with Gasteiger partial charge in [0.25, 0.3) is 0 Å². The smallest absolute Gasteiger partial charge is 0.127 e. The second-order valence-corrected chi connectivity index (χ2v) is 9.49. The van der Waals surface area contributed by atoms with Gasteiger partial charge in [0.1, 0.15) is 29.6 Å². The molecule has 0 fully saturated rings. The summed E-state index contributed by atoms with van der Waals surface area (Å²) >= 11 is 0. The lowest BCUT2D eigenvalue weighted by molar-refractivity contribution is 0.306. The van der Waals surface area contributed by atoms with Crippen molar-refractivity contribution in [1.29, 1.82) is 0 Å². The van der Waals surface area contributed by atoms with Crippen LogP contribution in [0.5, 0.6) is 11.5 Å². The number of hydrogen-bond donors (Lipinski definition) is 3. The predicted octanol–water partition coefficient (Wildman–Crippen LogP) is 7.26. The van der Waals surface area contributed by atoms with Crippen molar-refractivity contribution < 1.29 is 14.2 Å². The van der Waals surface area contributed by atoms with Crippen molar-refractivity contribution in [2.75, 3.05) is 0 Å². The van der Waals surface area contributed by atoms with Crippen LogP contribution in [0, 0.1) is 5.82 Å². The van der Waals surface area contributed by atoms with Gasteiger partial charge in [-0.1, -0.05) is 42.5 Å². The third-order valence-corrected chi connectivity index (χ3v) is 6.78. The highest BCUT2D eigenvalue weighted by molar-refractivity contribution is 6.00. The molecule has 7 aromatic rings. The van der Waals surface area contributed by atoms with Crippen LogP contribution in [0.25, 0.3) is 55.7 Å². The molecule has 7 nitrogen and oxygen atoms in total. The zero-order chi connectivity index (χ0) is 27.1. The minimum Gasteiger partial charge on any atom is -0.508 e. The molecule has 8 heteroatoms. The molecule has 3 aromatic carbocycles. The van der Waals surface area contributed by atoms with Crippen LogP contribution in [0.4, 0.5) is 4.39 Å². The fourth-order valence-electron chi connectivity index (χ4n) is 4.89. The molecule has 0 saturated carbocycles. The Balaban J connectivity index is 1.25. The van der Waals surface area contributed by atoms with Gasteiger partial charge in [-0.15, -0.1) is 0 Å². The number of rotatable bonds is 6. The van der Waals surface area contributed by atoms with Crippen LogP contribution in [0.3, 0.4) is 0 Å². The van der Waals surface area contributed by atoms with E-state index in [-0.39, 0.29) is 5.75 Å². The summed E-state index contributed by atoms with van der Waals surface area (Å²) in [5.74, 6) is 0.0737. The average molecular weight is 528 g/mol. The Morgan fingerprint density at radius 2 is 1.65 bits per heavy atom. The van der Waals surface area contributed by atoms with Gasteiger partial charge in [0.05, 0.1) is 28.8 Å². The number of halogens is 1. The number of aromatic amines is 2. The summed E-state index contributed by atoms with van der Waals surface area (Å²) in [6.45, 7) is 0.481. The van der Waals surface area contributed by atoms with Crippen molar-refractivity contribution in [2.24, 2.45) is 0 Å².